The van der Waals surface area contributed by atoms with Gasteiger partial charge in [0.25, 0.3) is 5.69 Å². The van der Waals surface area contributed by atoms with Crippen molar-refractivity contribution < 1.29 is 4.92 Å². The molecule has 0 spiro atoms. The van der Waals surface area contributed by atoms with E-state index in [-0.39, 0.29) is 24.1 Å². The summed E-state index contributed by atoms with van der Waals surface area (Å²) >= 11 is 4.69. The summed E-state index contributed by atoms with van der Waals surface area (Å²) in [5.74, 6) is 0. The molecule has 1 aromatic carbocycles. The lowest BCUT2D eigenvalue weighted by molar-refractivity contribution is -0.385. The maximum Gasteiger partial charge on any atom is 0.283 e. The molecule has 1 aromatic heterocycles. The summed E-state index contributed by atoms with van der Waals surface area (Å²) in [5.41, 5.74) is 6.83. The Hall–Kier alpha value is -0.950. The molecule has 0 saturated heterocycles. The lowest BCUT2D eigenvalue weighted by atomic mass is 10.1. The van der Waals surface area contributed by atoms with Crippen molar-refractivity contribution in [2.75, 3.05) is 0 Å². The van der Waals surface area contributed by atoms with Crippen LogP contribution in [0.5, 0.6) is 0 Å². The molecule has 96 valence electrons. The van der Waals surface area contributed by atoms with Gasteiger partial charge in [0.2, 0.25) is 0 Å². The fourth-order valence-electron chi connectivity index (χ4n) is 1.50. The highest BCUT2D eigenvalue weighted by atomic mass is 79.9. The molecule has 0 amide bonds. The van der Waals surface area contributed by atoms with Gasteiger partial charge in [0.1, 0.15) is 0 Å². The highest BCUT2D eigenvalue weighted by Crippen LogP contribution is 2.30. The minimum Gasteiger partial charge on any atom is -0.320 e. The molecule has 2 N–H and O–H groups in total. The molecule has 1 atom stereocenters. The van der Waals surface area contributed by atoms with Gasteiger partial charge in [-0.1, -0.05) is 12.1 Å². The second kappa shape index (κ2) is 6.29. The van der Waals surface area contributed by atoms with Crippen molar-refractivity contribution in [3.63, 3.8) is 0 Å². The number of hydrogen-bond acceptors (Lipinski definition) is 4. The molecule has 0 fully saturated rings. The average Bonchev–Trinajstić information content (AvgIpc) is 2.81. The molecule has 0 unspecified atom stereocenters. The third-order valence-corrected chi connectivity index (χ3v) is 4.00. The van der Waals surface area contributed by atoms with Gasteiger partial charge in [-0.2, -0.15) is 0 Å². The van der Waals surface area contributed by atoms with Crippen LogP contribution in [-0.2, 0) is 0 Å². The fourth-order valence-corrected chi connectivity index (χ4v) is 2.64. The molecular formula is C11H10BrClN2O2S. The number of nitrogens with zero attached hydrogens (tertiary/aromatic N) is 1. The zero-order chi connectivity index (χ0) is 12.4. The topological polar surface area (TPSA) is 69.2 Å². The molecule has 0 aliphatic rings. The van der Waals surface area contributed by atoms with E-state index in [1.54, 1.807) is 12.1 Å². The van der Waals surface area contributed by atoms with E-state index >= 15 is 0 Å². The highest BCUT2D eigenvalue weighted by Gasteiger charge is 2.17. The van der Waals surface area contributed by atoms with Crippen molar-refractivity contribution in [2.45, 2.75) is 6.04 Å². The number of halogens is 2. The molecular weight excluding hydrogens is 340 g/mol. The third-order valence-electron chi connectivity index (χ3n) is 2.38. The molecule has 7 heteroatoms. The Labute approximate surface area is 123 Å². The maximum absolute atomic E-state index is 10.8. The number of benzene rings is 1. The zero-order valence-corrected chi connectivity index (χ0v) is 12.3. The van der Waals surface area contributed by atoms with Gasteiger partial charge < -0.3 is 5.73 Å². The van der Waals surface area contributed by atoms with Gasteiger partial charge in [-0.3, -0.25) is 10.1 Å². The van der Waals surface area contributed by atoms with E-state index < -0.39 is 4.92 Å². The van der Waals surface area contributed by atoms with E-state index in [1.807, 2.05) is 17.5 Å². The van der Waals surface area contributed by atoms with Gasteiger partial charge in [0.15, 0.2) is 0 Å². The van der Waals surface area contributed by atoms with E-state index in [9.17, 15) is 10.1 Å². The summed E-state index contributed by atoms with van der Waals surface area (Å²) in [5, 5.41) is 12.8. The number of nitrogens with two attached hydrogens (primary N) is 1. The first-order valence-corrected chi connectivity index (χ1v) is 6.49. The Morgan fingerprint density at radius 2 is 2.11 bits per heavy atom. The van der Waals surface area contributed by atoms with E-state index in [0.717, 1.165) is 10.4 Å². The van der Waals surface area contributed by atoms with Gasteiger partial charge in [0.05, 0.1) is 15.4 Å². The van der Waals surface area contributed by atoms with Crippen LogP contribution in [-0.4, -0.2) is 4.92 Å². The number of nitro groups is 1. The van der Waals surface area contributed by atoms with Gasteiger partial charge >= 0.3 is 0 Å². The fraction of sp³-hybridized carbons (Fsp3) is 0.0909. The van der Waals surface area contributed by atoms with E-state index in [4.69, 9.17) is 5.73 Å². The highest BCUT2D eigenvalue weighted by molar-refractivity contribution is 9.10. The number of rotatable bonds is 3. The van der Waals surface area contributed by atoms with Gasteiger partial charge in [0, 0.05) is 10.9 Å². The minimum absolute atomic E-state index is 0. The smallest absolute Gasteiger partial charge is 0.283 e. The quantitative estimate of drug-likeness (QED) is 0.675. The predicted octanol–water partition coefficient (Wildman–Crippen LogP) is 3.89. The monoisotopic (exact) mass is 348 g/mol. The van der Waals surface area contributed by atoms with Crippen LogP contribution < -0.4 is 5.73 Å². The molecule has 1 heterocycles. The number of hydrogen-bond donors (Lipinski definition) is 1. The van der Waals surface area contributed by atoms with E-state index in [2.05, 4.69) is 15.9 Å². The molecule has 0 aliphatic carbocycles. The summed E-state index contributed by atoms with van der Waals surface area (Å²) in [4.78, 5) is 11.4. The first-order valence-electron chi connectivity index (χ1n) is 4.82. The van der Waals surface area contributed by atoms with Gasteiger partial charge in [-0.25, -0.2) is 0 Å². The van der Waals surface area contributed by atoms with Crippen molar-refractivity contribution in [3.05, 3.63) is 60.7 Å². The predicted molar refractivity (Wildman–Crippen MR) is 78.4 cm³/mol. The van der Waals surface area contributed by atoms with Crippen molar-refractivity contribution >= 4 is 45.4 Å². The average molecular weight is 350 g/mol. The first-order chi connectivity index (χ1) is 8.09. The number of nitro benzene ring substituents is 1. The Kier molecular flexibility index (Phi) is 5.28. The number of thiophene rings is 1. The van der Waals surface area contributed by atoms with E-state index in [1.165, 1.54) is 17.4 Å². The van der Waals surface area contributed by atoms with Crippen LogP contribution in [0.4, 0.5) is 5.69 Å². The second-order valence-corrected chi connectivity index (χ2v) is 5.29. The molecule has 0 saturated carbocycles. The van der Waals surface area contributed by atoms with Gasteiger partial charge in [-0.05, 0) is 39.0 Å². The lowest BCUT2D eigenvalue weighted by Crippen LogP contribution is -2.10. The van der Waals surface area contributed by atoms with Crippen LogP contribution in [0.15, 0.2) is 40.2 Å². The standard InChI is InChI=1S/C11H9BrN2O2S.ClH/c12-8-4-3-7(6-9(8)14(15)16)11(13)10-2-1-5-17-10;/h1-6,11H,13H2;1H/t11-;/m0./s1. The van der Waals surface area contributed by atoms with Crippen LogP contribution in [0.3, 0.4) is 0 Å². The molecule has 4 nitrogen and oxygen atoms in total. The van der Waals surface area contributed by atoms with Crippen molar-refractivity contribution in [2.24, 2.45) is 5.73 Å². The van der Waals surface area contributed by atoms with Crippen LogP contribution >= 0.6 is 39.7 Å². The normalized spacial score (nSPS) is 11.7. The SMILES string of the molecule is Cl.N[C@@H](c1ccc(Br)c([N+](=O)[O-])c1)c1cccs1. The first kappa shape index (κ1) is 15.1. The molecule has 2 aromatic rings. The molecule has 0 bridgehead atoms. The van der Waals surface area contributed by atoms with Gasteiger partial charge in [-0.15, -0.1) is 23.7 Å². The Balaban J connectivity index is 0.00000162. The van der Waals surface area contributed by atoms with E-state index in [0.29, 0.717) is 4.47 Å². The van der Waals surface area contributed by atoms with Crippen LogP contribution in [0, 0.1) is 10.1 Å². The van der Waals surface area contributed by atoms with Crippen molar-refractivity contribution in [1.29, 1.82) is 0 Å². The Morgan fingerprint density at radius 3 is 2.67 bits per heavy atom. The van der Waals surface area contributed by atoms with Crippen LogP contribution in [0.25, 0.3) is 0 Å². The summed E-state index contributed by atoms with van der Waals surface area (Å²) < 4.78 is 0.463. The van der Waals surface area contributed by atoms with Crippen molar-refractivity contribution in [3.8, 4) is 0 Å². The molecule has 18 heavy (non-hydrogen) atoms. The Morgan fingerprint density at radius 1 is 1.39 bits per heavy atom. The third kappa shape index (κ3) is 3.08. The molecule has 0 radical (unpaired) electrons. The molecule has 0 aliphatic heterocycles. The minimum atomic E-state index is -0.422. The largest absolute Gasteiger partial charge is 0.320 e. The maximum atomic E-state index is 10.8. The summed E-state index contributed by atoms with van der Waals surface area (Å²) in [6, 6.07) is 8.47. The zero-order valence-electron chi connectivity index (χ0n) is 9.08. The summed E-state index contributed by atoms with van der Waals surface area (Å²) in [6.07, 6.45) is 0. The Bertz CT molecular complexity index is 548. The van der Waals surface area contributed by atoms with Crippen molar-refractivity contribution in [1.82, 2.24) is 0 Å². The lowest BCUT2D eigenvalue weighted by Gasteiger charge is -2.10. The second-order valence-electron chi connectivity index (χ2n) is 3.46. The summed E-state index contributed by atoms with van der Waals surface area (Å²) in [7, 11) is 0. The summed E-state index contributed by atoms with van der Waals surface area (Å²) in [6.45, 7) is 0. The van der Waals surface area contributed by atoms with Crippen LogP contribution in [0.2, 0.25) is 0 Å². The molecule has 2 rings (SSSR count). The van der Waals surface area contributed by atoms with Crippen LogP contribution in [0.1, 0.15) is 16.5 Å².